The first kappa shape index (κ1) is 21.0. The molecule has 1 amide bonds. The minimum absolute atomic E-state index is 0.0824. The molecule has 4 heterocycles. The lowest BCUT2D eigenvalue weighted by Crippen LogP contribution is -2.39. The molecule has 0 unspecified atom stereocenters. The van der Waals surface area contributed by atoms with E-state index in [1.807, 2.05) is 6.92 Å². The molecule has 3 aromatic rings. The Kier molecular flexibility index (Phi) is 5.24. The molecular weight excluding hydrogens is 409 g/mol. The quantitative estimate of drug-likeness (QED) is 0.666. The molecule has 31 heavy (non-hydrogen) atoms. The Morgan fingerprint density at radius 1 is 1.19 bits per heavy atom. The van der Waals surface area contributed by atoms with Crippen molar-refractivity contribution < 1.29 is 18.0 Å². The largest absolute Gasteiger partial charge is 0.417 e. The number of piperidine rings is 1. The van der Waals surface area contributed by atoms with Crippen LogP contribution in [0.5, 0.6) is 0 Å². The molecule has 0 saturated carbocycles. The zero-order valence-electron chi connectivity index (χ0n) is 17.1. The monoisotopic (exact) mass is 430 g/mol. The highest BCUT2D eigenvalue weighted by atomic mass is 19.4. The second kappa shape index (κ2) is 7.75. The number of fused-ring (bicyclic) bond motifs is 1. The van der Waals surface area contributed by atoms with E-state index in [1.165, 1.54) is 6.20 Å². The number of likely N-dealkylation sites (tertiary alicyclic amines) is 1. The van der Waals surface area contributed by atoms with Crippen molar-refractivity contribution in [3.63, 3.8) is 0 Å². The van der Waals surface area contributed by atoms with Gasteiger partial charge in [0.1, 0.15) is 11.6 Å². The van der Waals surface area contributed by atoms with Crippen molar-refractivity contribution in [2.24, 2.45) is 0 Å². The van der Waals surface area contributed by atoms with E-state index in [1.54, 1.807) is 24.0 Å². The van der Waals surface area contributed by atoms with E-state index in [2.05, 4.69) is 19.9 Å². The Bertz CT molecular complexity index is 1150. The van der Waals surface area contributed by atoms with E-state index >= 15 is 0 Å². The van der Waals surface area contributed by atoms with Crippen molar-refractivity contribution in [3.8, 4) is 0 Å². The number of anilines is 1. The fraction of sp³-hybridized carbons (Fsp3) is 0.381. The number of rotatable bonds is 2. The molecule has 1 aliphatic rings. The van der Waals surface area contributed by atoms with E-state index in [0.29, 0.717) is 24.9 Å². The molecule has 3 aromatic heterocycles. The first-order valence-electron chi connectivity index (χ1n) is 9.87. The Morgan fingerprint density at radius 2 is 1.97 bits per heavy atom. The van der Waals surface area contributed by atoms with E-state index in [0.717, 1.165) is 11.8 Å². The summed E-state index contributed by atoms with van der Waals surface area (Å²) in [4.78, 5) is 31.0. The Labute approximate surface area is 176 Å². The normalized spacial score (nSPS) is 17.2. The van der Waals surface area contributed by atoms with Crippen LogP contribution in [0.4, 0.5) is 19.0 Å². The maximum absolute atomic E-state index is 13.8. The van der Waals surface area contributed by atoms with E-state index < -0.39 is 11.7 Å². The van der Waals surface area contributed by atoms with Crippen LogP contribution in [0.2, 0.25) is 0 Å². The molecule has 1 fully saturated rings. The molecule has 0 aliphatic carbocycles. The number of pyridine rings is 2. The van der Waals surface area contributed by atoms with Gasteiger partial charge in [0, 0.05) is 36.6 Å². The maximum Gasteiger partial charge on any atom is 0.417 e. The predicted octanol–water partition coefficient (Wildman–Crippen LogP) is 3.66. The number of hydrogen-bond acceptors (Lipinski definition) is 6. The number of carbonyl (C=O) groups is 1. The number of amides is 1. The van der Waals surface area contributed by atoms with Gasteiger partial charge in [-0.3, -0.25) is 9.78 Å². The highest BCUT2D eigenvalue weighted by molar-refractivity contribution is 5.94. The summed E-state index contributed by atoms with van der Waals surface area (Å²) in [6.07, 6.45) is -1.85. The number of aromatic nitrogens is 4. The predicted molar refractivity (Wildman–Crippen MR) is 108 cm³/mol. The Morgan fingerprint density at radius 3 is 2.65 bits per heavy atom. The fourth-order valence-corrected chi connectivity index (χ4v) is 3.91. The lowest BCUT2D eigenvalue weighted by atomic mass is 9.92. The molecule has 7 nitrogen and oxygen atoms in total. The van der Waals surface area contributed by atoms with Crippen LogP contribution in [-0.2, 0) is 6.18 Å². The second-order valence-corrected chi connectivity index (χ2v) is 7.73. The molecule has 1 atom stereocenters. The van der Waals surface area contributed by atoms with Crippen LogP contribution in [0.1, 0.15) is 51.9 Å². The van der Waals surface area contributed by atoms with Gasteiger partial charge in [-0.2, -0.15) is 13.2 Å². The van der Waals surface area contributed by atoms with Gasteiger partial charge in [0.05, 0.1) is 16.5 Å². The standard InChI is InChI=1S/C21H21F3N6O/c1-11-5-6-13(9-26-11)20(31)30-7-3-4-14(10-30)16-8-15(21(22,23)24)17-18(25)27-12(2)28-19(17)29-16/h5-6,8-9,14H,3-4,7,10H2,1-2H3,(H2,25,27,28,29)/t14-/m1/s1. The summed E-state index contributed by atoms with van der Waals surface area (Å²) in [6.45, 7) is 4.17. The van der Waals surface area contributed by atoms with E-state index in [9.17, 15) is 18.0 Å². The summed E-state index contributed by atoms with van der Waals surface area (Å²) >= 11 is 0. The van der Waals surface area contributed by atoms with E-state index in [-0.39, 0.29) is 46.7 Å². The number of aryl methyl sites for hydroxylation is 2. The number of carbonyl (C=O) groups excluding carboxylic acids is 1. The highest BCUT2D eigenvalue weighted by Crippen LogP contribution is 2.38. The van der Waals surface area contributed by atoms with Crippen molar-refractivity contribution in [3.05, 3.63) is 52.7 Å². The van der Waals surface area contributed by atoms with Crippen LogP contribution in [0.3, 0.4) is 0 Å². The zero-order valence-corrected chi connectivity index (χ0v) is 17.1. The van der Waals surface area contributed by atoms with Crippen LogP contribution >= 0.6 is 0 Å². The molecular formula is C21H21F3N6O. The van der Waals surface area contributed by atoms with Gasteiger partial charge in [0.15, 0.2) is 5.65 Å². The summed E-state index contributed by atoms with van der Waals surface area (Å²) in [7, 11) is 0. The van der Waals surface area contributed by atoms with Crippen LogP contribution in [0, 0.1) is 13.8 Å². The number of alkyl halides is 3. The van der Waals surface area contributed by atoms with Crippen molar-refractivity contribution >= 4 is 22.8 Å². The lowest BCUT2D eigenvalue weighted by molar-refractivity contribution is -0.136. The third-order valence-corrected chi connectivity index (χ3v) is 5.42. The first-order valence-corrected chi connectivity index (χ1v) is 9.87. The summed E-state index contributed by atoms with van der Waals surface area (Å²) in [5, 5.41) is -0.295. The summed E-state index contributed by atoms with van der Waals surface area (Å²) in [6, 6.07) is 4.47. The second-order valence-electron chi connectivity index (χ2n) is 7.73. The number of hydrogen-bond donors (Lipinski definition) is 1. The minimum Gasteiger partial charge on any atom is -0.383 e. The first-order chi connectivity index (χ1) is 14.6. The summed E-state index contributed by atoms with van der Waals surface area (Å²) < 4.78 is 41.4. The van der Waals surface area contributed by atoms with Crippen molar-refractivity contribution in [2.75, 3.05) is 18.8 Å². The molecule has 1 aliphatic heterocycles. The van der Waals surface area contributed by atoms with Crippen molar-refractivity contribution in [1.82, 2.24) is 24.8 Å². The van der Waals surface area contributed by atoms with Crippen molar-refractivity contribution in [2.45, 2.75) is 38.8 Å². The lowest BCUT2D eigenvalue weighted by Gasteiger charge is -2.33. The molecule has 0 aromatic carbocycles. The van der Waals surface area contributed by atoms with Crippen LogP contribution in [-0.4, -0.2) is 43.8 Å². The molecule has 0 spiro atoms. The minimum atomic E-state index is -4.64. The maximum atomic E-state index is 13.8. The van der Waals surface area contributed by atoms with Crippen LogP contribution in [0.15, 0.2) is 24.4 Å². The van der Waals surface area contributed by atoms with Gasteiger partial charge in [-0.25, -0.2) is 15.0 Å². The highest BCUT2D eigenvalue weighted by Gasteiger charge is 2.36. The van der Waals surface area contributed by atoms with Gasteiger partial charge in [0.25, 0.3) is 5.91 Å². The smallest absolute Gasteiger partial charge is 0.383 e. The van der Waals surface area contributed by atoms with Crippen LogP contribution < -0.4 is 5.73 Å². The van der Waals surface area contributed by atoms with Gasteiger partial charge in [-0.15, -0.1) is 0 Å². The third-order valence-electron chi connectivity index (χ3n) is 5.42. The molecule has 4 rings (SSSR count). The average Bonchev–Trinajstić information content (AvgIpc) is 2.72. The number of nitrogen functional groups attached to an aromatic ring is 1. The topological polar surface area (TPSA) is 97.9 Å². The van der Waals surface area contributed by atoms with Gasteiger partial charge in [0.2, 0.25) is 0 Å². The number of nitrogens with zero attached hydrogens (tertiary/aromatic N) is 5. The van der Waals surface area contributed by atoms with E-state index in [4.69, 9.17) is 5.73 Å². The van der Waals surface area contributed by atoms with Crippen LogP contribution in [0.25, 0.3) is 11.0 Å². The van der Waals surface area contributed by atoms with Gasteiger partial charge in [-0.1, -0.05) is 0 Å². The number of halogens is 3. The van der Waals surface area contributed by atoms with Gasteiger partial charge < -0.3 is 10.6 Å². The average molecular weight is 430 g/mol. The van der Waals surface area contributed by atoms with Gasteiger partial charge >= 0.3 is 6.18 Å². The SMILES string of the molecule is Cc1ccc(C(=O)N2CCC[C@@H](c3cc(C(F)(F)F)c4c(N)nc(C)nc4n3)C2)cn1. The molecule has 162 valence electrons. The molecule has 0 radical (unpaired) electrons. The zero-order chi connectivity index (χ0) is 22.3. The fourth-order valence-electron chi connectivity index (χ4n) is 3.91. The molecule has 2 N–H and O–H groups in total. The van der Waals surface area contributed by atoms with Crippen molar-refractivity contribution in [1.29, 1.82) is 0 Å². The summed E-state index contributed by atoms with van der Waals surface area (Å²) in [5.74, 6) is -0.550. The Balaban J connectivity index is 1.71. The summed E-state index contributed by atoms with van der Waals surface area (Å²) in [5.41, 5.74) is 6.27. The number of nitrogens with two attached hydrogens (primary N) is 1. The third kappa shape index (κ3) is 4.14. The Hall–Kier alpha value is -3.30. The van der Waals surface area contributed by atoms with Gasteiger partial charge in [-0.05, 0) is 44.9 Å². The molecule has 0 bridgehead atoms. The molecule has 1 saturated heterocycles. The molecule has 10 heteroatoms.